The fourth-order valence-electron chi connectivity index (χ4n) is 5.59. The van der Waals surface area contributed by atoms with Gasteiger partial charge in [0.05, 0.1) is 38.9 Å². The van der Waals surface area contributed by atoms with E-state index in [0.29, 0.717) is 34.9 Å². The lowest BCUT2D eigenvalue weighted by Gasteiger charge is -2.41. The SMILES string of the molecule is CCOC(=O)C1=C(C)N=C2C[C@H](c3ccccc3OC)[C@@H](C(=O)OCC)C(=O)C2[C@@H]1c1ccc(OC)cc1. The molecule has 2 aliphatic rings. The second-order valence-electron chi connectivity index (χ2n) is 9.24. The lowest BCUT2D eigenvalue weighted by Crippen LogP contribution is -2.48. The summed E-state index contributed by atoms with van der Waals surface area (Å²) in [6.45, 7) is 5.52. The molecule has 0 bridgehead atoms. The average Bonchev–Trinajstić information content (AvgIpc) is 2.92. The van der Waals surface area contributed by atoms with E-state index >= 15 is 0 Å². The average molecular weight is 520 g/mol. The molecule has 0 radical (unpaired) electrons. The van der Waals surface area contributed by atoms with E-state index in [1.807, 2.05) is 30.3 Å². The largest absolute Gasteiger partial charge is 0.497 e. The molecule has 0 aromatic heterocycles. The molecule has 8 heteroatoms. The van der Waals surface area contributed by atoms with Crippen LogP contribution in [0.2, 0.25) is 0 Å². The highest BCUT2D eigenvalue weighted by Gasteiger charge is 2.53. The number of benzene rings is 2. The molecule has 0 N–H and O–H groups in total. The first-order chi connectivity index (χ1) is 18.4. The van der Waals surface area contributed by atoms with Gasteiger partial charge in [-0.3, -0.25) is 14.6 Å². The number of hydrogen-bond acceptors (Lipinski definition) is 8. The Kier molecular flexibility index (Phi) is 8.29. The van der Waals surface area contributed by atoms with E-state index in [2.05, 4.69) is 0 Å². The van der Waals surface area contributed by atoms with E-state index in [4.69, 9.17) is 23.9 Å². The van der Waals surface area contributed by atoms with Crippen molar-refractivity contribution in [2.24, 2.45) is 16.8 Å². The summed E-state index contributed by atoms with van der Waals surface area (Å²) in [5.74, 6) is -3.33. The number of Topliss-reactive ketones (excluding diaryl/α,β-unsaturated/α-hetero) is 1. The first kappa shape index (κ1) is 27.1. The van der Waals surface area contributed by atoms with Crippen LogP contribution in [0.15, 0.2) is 64.8 Å². The maximum absolute atomic E-state index is 14.4. The van der Waals surface area contributed by atoms with Crippen molar-refractivity contribution in [2.45, 2.75) is 39.0 Å². The van der Waals surface area contributed by atoms with Crippen molar-refractivity contribution in [1.82, 2.24) is 0 Å². The second kappa shape index (κ2) is 11.6. The Morgan fingerprint density at radius 2 is 1.61 bits per heavy atom. The Bertz CT molecular complexity index is 1280. The van der Waals surface area contributed by atoms with Crippen molar-refractivity contribution >= 4 is 23.4 Å². The first-order valence-electron chi connectivity index (χ1n) is 12.8. The monoisotopic (exact) mass is 519 g/mol. The first-order valence-corrected chi connectivity index (χ1v) is 12.8. The van der Waals surface area contributed by atoms with Crippen LogP contribution < -0.4 is 9.47 Å². The van der Waals surface area contributed by atoms with Crippen molar-refractivity contribution in [3.05, 3.63) is 70.9 Å². The van der Waals surface area contributed by atoms with Crippen LogP contribution in [0, 0.1) is 11.8 Å². The molecule has 1 heterocycles. The summed E-state index contributed by atoms with van der Waals surface area (Å²) < 4.78 is 21.7. The summed E-state index contributed by atoms with van der Waals surface area (Å²) >= 11 is 0. The number of rotatable bonds is 8. The Hall–Kier alpha value is -3.94. The van der Waals surface area contributed by atoms with Gasteiger partial charge in [0.2, 0.25) is 0 Å². The number of esters is 2. The van der Waals surface area contributed by atoms with Crippen LogP contribution in [-0.4, -0.2) is 50.9 Å². The highest BCUT2D eigenvalue weighted by atomic mass is 16.5. The molecular weight excluding hydrogens is 486 g/mol. The minimum atomic E-state index is -1.09. The third-order valence-electron chi connectivity index (χ3n) is 7.20. The Labute approximate surface area is 222 Å². The van der Waals surface area contributed by atoms with Gasteiger partial charge in [0.25, 0.3) is 0 Å². The van der Waals surface area contributed by atoms with Gasteiger partial charge in [-0.05, 0) is 56.5 Å². The predicted molar refractivity (Wildman–Crippen MR) is 141 cm³/mol. The second-order valence-corrected chi connectivity index (χ2v) is 9.24. The molecule has 0 saturated heterocycles. The molecule has 1 saturated carbocycles. The summed E-state index contributed by atoms with van der Waals surface area (Å²) in [5.41, 5.74) is 2.91. The van der Waals surface area contributed by atoms with Crippen LogP contribution in [0.25, 0.3) is 0 Å². The number of methoxy groups -OCH3 is 2. The van der Waals surface area contributed by atoms with Gasteiger partial charge in [-0.25, -0.2) is 4.79 Å². The van der Waals surface area contributed by atoms with Crippen LogP contribution in [0.3, 0.4) is 0 Å². The molecule has 200 valence electrons. The van der Waals surface area contributed by atoms with Gasteiger partial charge in [-0.1, -0.05) is 30.3 Å². The summed E-state index contributed by atoms with van der Waals surface area (Å²) in [7, 11) is 3.13. The summed E-state index contributed by atoms with van der Waals surface area (Å²) in [6.07, 6.45) is 0.334. The minimum Gasteiger partial charge on any atom is -0.497 e. The number of allylic oxidation sites excluding steroid dienone is 1. The number of ketones is 1. The van der Waals surface area contributed by atoms with E-state index < -0.39 is 35.6 Å². The molecule has 1 aliphatic carbocycles. The van der Waals surface area contributed by atoms with Crippen molar-refractivity contribution in [2.75, 3.05) is 27.4 Å². The summed E-state index contributed by atoms with van der Waals surface area (Å²) in [4.78, 5) is 45.7. The molecule has 0 spiro atoms. The molecule has 4 atom stereocenters. The van der Waals surface area contributed by atoms with Crippen molar-refractivity contribution in [3.63, 3.8) is 0 Å². The molecule has 1 aliphatic heterocycles. The van der Waals surface area contributed by atoms with Crippen LogP contribution in [0.1, 0.15) is 50.2 Å². The number of nitrogens with zero attached hydrogens (tertiary/aromatic N) is 1. The number of ether oxygens (including phenoxy) is 4. The van der Waals surface area contributed by atoms with Crippen LogP contribution in [-0.2, 0) is 23.9 Å². The molecule has 1 unspecified atom stereocenters. The predicted octanol–water partition coefficient (Wildman–Crippen LogP) is 4.63. The van der Waals surface area contributed by atoms with Gasteiger partial charge in [-0.2, -0.15) is 0 Å². The van der Waals surface area contributed by atoms with Gasteiger partial charge in [0.1, 0.15) is 17.4 Å². The minimum absolute atomic E-state index is 0.141. The van der Waals surface area contributed by atoms with Crippen molar-refractivity contribution < 1.29 is 33.3 Å². The van der Waals surface area contributed by atoms with E-state index in [-0.39, 0.29) is 19.0 Å². The highest BCUT2D eigenvalue weighted by molar-refractivity contribution is 6.18. The van der Waals surface area contributed by atoms with Crippen LogP contribution in [0.4, 0.5) is 0 Å². The maximum Gasteiger partial charge on any atom is 0.336 e. The fourth-order valence-corrected chi connectivity index (χ4v) is 5.59. The zero-order valence-corrected chi connectivity index (χ0v) is 22.4. The number of aliphatic imine (C=N–C) groups is 1. The molecule has 4 rings (SSSR count). The van der Waals surface area contributed by atoms with Gasteiger partial charge < -0.3 is 18.9 Å². The van der Waals surface area contributed by atoms with E-state index in [1.165, 1.54) is 0 Å². The Balaban J connectivity index is 1.90. The third-order valence-corrected chi connectivity index (χ3v) is 7.20. The molecular formula is C30H33NO7. The fraction of sp³-hybridized carbons (Fsp3) is 0.400. The zero-order chi connectivity index (χ0) is 27.4. The highest BCUT2D eigenvalue weighted by Crippen LogP contribution is 2.49. The van der Waals surface area contributed by atoms with E-state index in [1.54, 1.807) is 53.2 Å². The lowest BCUT2D eigenvalue weighted by molar-refractivity contribution is -0.153. The van der Waals surface area contributed by atoms with Gasteiger partial charge in [0, 0.05) is 23.2 Å². The van der Waals surface area contributed by atoms with Crippen molar-refractivity contribution in [3.8, 4) is 11.5 Å². The van der Waals surface area contributed by atoms with Gasteiger partial charge in [-0.15, -0.1) is 0 Å². The van der Waals surface area contributed by atoms with Gasteiger partial charge in [0.15, 0.2) is 5.78 Å². The topological polar surface area (TPSA) is 100 Å². The van der Waals surface area contributed by atoms with E-state index in [0.717, 1.165) is 11.1 Å². The number of hydrogen-bond donors (Lipinski definition) is 0. The third kappa shape index (κ3) is 4.95. The quantitative estimate of drug-likeness (QED) is 0.370. The normalized spacial score (nSPS) is 22.8. The van der Waals surface area contributed by atoms with Crippen LogP contribution >= 0.6 is 0 Å². The zero-order valence-electron chi connectivity index (χ0n) is 22.4. The molecule has 2 aromatic carbocycles. The summed E-state index contributed by atoms with van der Waals surface area (Å²) in [6, 6.07) is 14.6. The molecule has 1 fully saturated rings. The number of para-hydroxylation sites is 1. The Morgan fingerprint density at radius 3 is 2.24 bits per heavy atom. The standard InChI is InChI=1S/C30H33NO7/c1-6-37-29(33)24-17(3)31-22-16-21(20-10-8-9-11-23(20)36-5)26(30(34)38-7-2)28(32)27(22)25(24)18-12-14-19(35-4)15-13-18/h8-15,21,25-27H,6-7,16H2,1-5H3/t21-,25-,26-,27?/m1/s1. The van der Waals surface area contributed by atoms with Crippen molar-refractivity contribution in [1.29, 1.82) is 0 Å². The molecule has 38 heavy (non-hydrogen) atoms. The number of carbonyl (C=O) groups excluding carboxylic acids is 3. The molecule has 8 nitrogen and oxygen atoms in total. The molecule has 0 amide bonds. The number of carbonyl (C=O) groups is 3. The summed E-state index contributed by atoms with van der Waals surface area (Å²) in [5, 5.41) is 0. The molecule has 2 aromatic rings. The van der Waals surface area contributed by atoms with Gasteiger partial charge >= 0.3 is 11.9 Å². The maximum atomic E-state index is 14.4. The Morgan fingerprint density at radius 1 is 0.921 bits per heavy atom. The van der Waals surface area contributed by atoms with Crippen LogP contribution in [0.5, 0.6) is 11.5 Å². The lowest BCUT2D eigenvalue weighted by atomic mass is 9.62. The van der Waals surface area contributed by atoms with E-state index in [9.17, 15) is 14.4 Å². The number of fused-ring (bicyclic) bond motifs is 1. The smallest absolute Gasteiger partial charge is 0.336 e.